The molecule has 1 aliphatic rings. The fourth-order valence-corrected chi connectivity index (χ4v) is 6.04. The lowest BCUT2D eigenvalue weighted by molar-refractivity contribution is -0.137. The number of carbonyl (C=O) groups excluding carboxylic acids is 1. The summed E-state index contributed by atoms with van der Waals surface area (Å²) >= 11 is 0. The van der Waals surface area contributed by atoms with Crippen LogP contribution >= 0.6 is 0 Å². The van der Waals surface area contributed by atoms with Crippen LogP contribution in [0, 0.1) is 34.6 Å². The van der Waals surface area contributed by atoms with Gasteiger partial charge in [0.1, 0.15) is 5.52 Å². The summed E-state index contributed by atoms with van der Waals surface area (Å²) in [5.41, 5.74) is 12.0. The Balaban J connectivity index is 1.51. The number of fused-ring (bicyclic) bond motifs is 2. The number of nitrogens with zero attached hydrogens (tertiary/aromatic N) is 4. The smallest absolute Gasteiger partial charge is 0.304 e. The first-order chi connectivity index (χ1) is 18.6. The summed E-state index contributed by atoms with van der Waals surface area (Å²) in [6.45, 7) is 14.1. The molecule has 0 radical (unpaired) electrons. The second-order valence-electron chi connectivity index (χ2n) is 10.8. The van der Waals surface area contributed by atoms with E-state index in [1.54, 1.807) is 0 Å². The summed E-state index contributed by atoms with van der Waals surface area (Å²) < 4.78 is 1.85. The average Bonchev–Trinajstić information content (AvgIpc) is 3.34. The first kappa shape index (κ1) is 26.6. The van der Waals surface area contributed by atoms with E-state index in [4.69, 9.17) is 0 Å². The van der Waals surface area contributed by atoms with E-state index in [-0.39, 0.29) is 18.2 Å². The van der Waals surface area contributed by atoms with E-state index >= 15 is 0 Å². The molecule has 0 bridgehead atoms. The third-order valence-electron chi connectivity index (χ3n) is 8.55. The Hall–Kier alpha value is -4.00. The number of aromatic nitrogens is 3. The molecule has 5 rings (SSSR count). The van der Waals surface area contributed by atoms with Crippen LogP contribution in [0.1, 0.15) is 79.7 Å². The van der Waals surface area contributed by atoms with Crippen LogP contribution in [0.2, 0.25) is 0 Å². The molecule has 39 heavy (non-hydrogen) atoms. The number of carbonyl (C=O) groups is 2. The Labute approximate surface area is 229 Å². The molecule has 1 unspecified atom stereocenters. The van der Waals surface area contributed by atoms with Crippen molar-refractivity contribution in [3.8, 4) is 0 Å². The van der Waals surface area contributed by atoms with Gasteiger partial charge in [0, 0.05) is 31.1 Å². The van der Waals surface area contributed by atoms with Crippen LogP contribution in [0.25, 0.3) is 11.0 Å². The Morgan fingerprint density at radius 2 is 1.67 bits per heavy atom. The maximum atomic E-state index is 13.8. The molecule has 2 heterocycles. The standard InChI is InChI=1S/C32H36N4O3/c1-7-36-28-11-10-26(22(6)31(28)33-34-36)27(16-29(37)38)24-9-8-23-12-13-35(17-25(23)15-24)32(39)30-20(4)18(2)14-19(3)21(30)5/h8-11,14-15,27H,7,12-13,16-17H2,1-6H3,(H,37,38). The Kier molecular flexibility index (Phi) is 7.02. The molecule has 0 aliphatic carbocycles. The van der Waals surface area contributed by atoms with Crippen molar-refractivity contribution in [1.82, 2.24) is 19.9 Å². The van der Waals surface area contributed by atoms with Crippen LogP contribution in [0.3, 0.4) is 0 Å². The first-order valence-corrected chi connectivity index (χ1v) is 13.6. The van der Waals surface area contributed by atoms with E-state index in [9.17, 15) is 14.7 Å². The number of aryl methyl sites for hydroxylation is 4. The van der Waals surface area contributed by atoms with Gasteiger partial charge in [0.05, 0.1) is 11.9 Å². The summed E-state index contributed by atoms with van der Waals surface area (Å²) in [5.74, 6) is -1.12. The van der Waals surface area contributed by atoms with Crippen LogP contribution in [-0.4, -0.2) is 43.4 Å². The van der Waals surface area contributed by atoms with Gasteiger partial charge in [-0.2, -0.15) is 0 Å². The molecule has 7 heteroatoms. The van der Waals surface area contributed by atoms with Crippen molar-refractivity contribution in [2.45, 2.75) is 73.4 Å². The molecule has 1 aromatic heterocycles. The number of hydrogen-bond acceptors (Lipinski definition) is 4. The number of carboxylic acid groups (broad SMARTS) is 1. The van der Waals surface area contributed by atoms with Gasteiger partial charge in [0.15, 0.2) is 0 Å². The SMILES string of the molecule is CCn1nnc2c(C)c(C(CC(=O)O)c3ccc4c(c3)CN(C(=O)c3c(C)c(C)cc(C)c3C)CC4)ccc21. The van der Waals surface area contributed by atoms with Gasteiger partial charge in [-0.05, 0) is 104 Å². The molecule has 3 aromatic carbocycles. The Morgan fingerprint density at radius 1 is 0.949 bits per heavy atom. The van der Waals surface area contributed by atoms with Crippen LogP contribution < -0.4 is 0 Å². The first-order valence-electron chi connectivity index (χ1n) is 13.6. The predicted molar refractivity (Wildman–Crippen MR) is 152 cm³/mol. The number of carboxylic acids is 1. The minimum absolute atomic E-state index is 0.0311. The predicted octanol–water partition coefficient (Wildman–Crippen LogP) is 5.80. The summed E-state index contributed by atoms with van der Waals surface area (Å²) in [5, 5.41) is 18.5. The van der Waals surface area contributed by atoms with Crippen molar-refractivity contribution < 1.29 is 14.7 Å². The third-order valence-corrected chi connectivity index (χ3v) is 8.55. The van der Waals surface area contributed by atoms with Crippen LogP contribution in [0.5, 0.6) is 0 Å². The molecule has 0 fully saturated rings. The summed E-state index contributed by atoms with van der Waals surface area (Å²) in [6, 6.07) is 12.4. The summed E-state index contributed by atoms with van der Waals surface area (Å²) in [6.07, 6.45) is 0.746. The average molecular weight is 525 g/mol. The quantitative estimate of drug-likeness (QED) is 0.344. The van der Waals surface area contributed by atoms with E-state index in [2.05, 4.69) is 48.4 Å². The summed E-state index contributed by atoms with van der Waals surface area (Å²) in [7, 11) is 0. The Bertz CT molecular complexity index is 1590. The number of amides is 1. The fraction of sp³-hybridized carbons (Fsp3) is 0.375. The maximum absolute atomic E-state index is 13.8. The summed E-state index contributed by atoms with van der Waals surface area (Å²) in [4.78, 5) is 27.7. The minimum atomic E-state index is -0.855. The number of hydrogen-bond donors (Lipinski definition) is 1. The maximum Gasteiger partial charge on any atom is 0.304 e. The van der Waals surface area contributed by atoms with E-state index in [1.807, 2.05) is 49.4 Å². The third kappa shape index (κ3) is 4.71. The van der Waals surface area contributed by atoms with E-state index in [1.165, 1.54) is 5.56 Å². The van der Waals surface area contributed by atoms with Crippen LogP contribution in [-0.2, 0) is 24.3 Å². The van der Waals surface area contributed by atoms with Crippen molar-refractivity contribution in [2.75, 3.05) is 6.54 Å². The van der Waals surface area contributed by atoms with Gasteiger partial charge < -0.3 is 10.0 Å². The zero-order valence-corrected chi connectivity index (χ0v) is 23.6. The van der Waals surface area contributed by atoms with Crippen molar-refractivity contribution in [1.29, 1.82) is 0 Å². The topological polar surface area (TPSA) is 88.3 Å². The number of benzene rings is 3. The second-order valence-corrected chi connectivity index (χ2v) is 10.8. The van der Waals surface area contributed by atoms with Gasteiger partial charge in [0.2, 0.25) is 0 Å². The zero-order chi connectivity index (χ0) is 28.0. The van der Waals surface area contributed by atoms with Crippen molar-refractivity contribution in [2.24, 2.45) is 0 Å². The van der Waals surface area contributed by atoms with Gasteiger partial charge in [-0.1, -0.05) is 35.5 Å². The molecular formula is C32H36N4O3. The normalized spacial score (nSPS) is 13.9. The van der Waals surface area contributed by atoms with Crippen molar-refractivity contribution in [3.05, 3.63) is 92.0 Å². The van der Waals surface area contributed by atoms with E-state index in [0.717, 1.165) is 74.1 Å². The molecule has 0 saturated heterocycles. The lowest BCUT2D eigenvalue weighted by atomic mass is 9.83. The molecule has 0 spiro atoms. The van der Waals surface area contributed by atoms with Crippen molar-refractivity contribution >= 4 is 22.9 Å². The molecule has 7 nitrogen and oxygen atoms in total. The van der Waals surface area contributed by atoms with E-state index < -0.39 is 5.97 Å². The Morgan fingerprint density at radius 3 is 2.33 bits per heavy atom. The second kappa shape index (κ2) is 10.3. The molecule has 202 valence electrons. The van der Waals surface area contributed by atoms with Gasteiger partial charge >= 0.3 is 5.97 Å². The molecule has 0 saturated carbocycles. The monoisotopic (exact) mass is 524 g/mol. The molecule has 4 aromatic rings. The molecule has 1 N–H and O–H groups in total. The minimum Gasteiger partial charge on any atom is -0.481 e. The lowest BCUT2D eigenvalue weighted by Gasteiger charge is -2.31. The van der Waals surface area contributed by atoms with Gasteiger partial charge in [0.25, 0.3) is 5.91 Å². The zero-order valence-electron chi connectivity index (χ0n) is 23.6. The highest BCUT2D eigenvalue weighted by Gasteiger charge is 2.28. The number of aliphatic carboxylic acids is 1. The lowest BCUT2D eigenvalue weighted by Crippen LogP contribution is -2.37. The van der Waals surface area contributed by atoms with Crippen molar-refractivity contribution in [3.63, 3.8) is 0 Å². The molecule has 1 amide bonds. The van der Waals surface area contributed by atoms with Crippen LogP contribution in [0.4, 0.5) is 0 Å². The van der Waals surface area contributed by atoms with Gasteiger partial charge in [-0.25, -0.2) is 4.68 Å². The number of rotatable bonds is 6. The van der Waals surface area contributed by atoms with Gasteiger partial charge in [-0.3, -0.25) is 9.59 Å². The van der Waals surface area contributed by atoms with Gasteiger partial charge in [-0.15, -0.1) is 5.10 Å². The van der Waals surface area contributed by atoms with E-state index in [0.29, 0.717) is 13.1 Å². The highest BCUT2D eigenvalue weighted by atomic mass is 16.4. The largest absolute Gasteiger partial charge is 0.481 e. The van der Waals surface area contributed by atoms with Crippen LogP contribution in [0.15, 0.2) is 36.4 Å². The fourth-order valence-electron chi connectivity index (χ4n) is 6.04. The molecular weight excluding hydrogens is 488 g/mol. The molecule has 1 atom stereocenters. The highest BCUT2D eigenvalue weighted by molar-refractivity contribution is 5.98. The molecule has 1 aliphatic heterocycles. The highest BCUT2D eigenvalue weighted by Crippen LogP contribution is 2.35.